The summed E-state index contributed by atoms with van der Waals surface area (Å²) in [5, 5.41) is 3.19. The number of aromatic nitrogens is 1. The first kappa shape index (κ1) is 12.8. The van der Waals surface area contributed by atoms with Gasteiger partial charge >= 0.3 is 5.97 Å². The van der Waals surface area contributed by atoms with Crippen molar-refractivity contribution in [3.05, 3.63) is 23.9 Å². The standard InChI is InChI=1S/C13H18N2O3/c1-17-13(16)11-3-2-6-14-12(11)15-7-4-10-5-8-18-9-10/h2-3,6,10H,4-5,7-9H2,1H3,(H,14,15). The molecular weight excluding hydrogens is 232 g/mol. The maximum Gasteiger partial charge on any atom is 0.341 e. The van der Waals surface area contributed by atoms with Crippen LogP contribution >= 0.6 is 0 Å². The Balaban J connectivity index is 1.89. The van der Waals surface area contributed by atoms with Gasteiger partial charge < -0.3 is 14.8 Å². The highest BCUT2D eigenvalue weighted by Crippen LogP contribution is 2.17. The average Bonchev–Trinajstić information content (AvgIpc) is 2.92. The average molecular weight is 250 g/mol. The fourth-order valence-corrected chi connectivity index (χ4v) is 2.03. The van der Waals surface area contributed by atoms with E-state index in [1.165, 1.54) is 7.11 Å². The minimum atomic E-state index is -0.366. The Kier molecular flexibility index (Phi) is 4.52. The van der Waals surface area contributed by atoms with Crippen molar-refractivity contribution in [3.63, 3.8) is 0 Å². The van der Waals surface area contributed by atoms with E-state index in [-0.39, 0.29) is 5.97 Å². The van der Waals surface area contributed by atoms with Gasteiger partial charge in [-0.05, 0) is 30.9 Å². The normalized spacial score (nSPS) is 18.6. The Morgan fingerprint density at radius 3 is 3.28 bits per heavy atom. The van der Waals surface area contributed by atoms with Gasteiger partial charge in [0.15, 0.2) is 0 Å². The van der Waals surface area contributed by atoms with Crippen molar-refractivity contribution in [2.45, 2.75) is 12.8 Å². The molecular formula is C13H18N2O3. The molecule has 98 valence electrons. The van der Waals surface area contributed by atoms with Crippen molar-refractivity contribution in [1.82, 2.24) is 4.98 Å². The highest BCUT2D eigenvalue weighted by Gasteiger charge is 2.16. The molecule has 0 saturated carbocycles. The molecule has 1 aromatic rings. The van der Waals surface area contributed by atoms with Crippen LogP contribution in [0.15, 0.2) is 18.3 Å². The lowest BCUT2D eigenvalue weighted by molar-refractivity contribution is 0.0601. The van der Waals surface area contributed by atoms with Crippen LogP contribution in [0.2, 0.25) is 0 Å². The molecule has 5 nitrogen and oxygen atoms in total. The van der Waals surface area contributed by atoms with Crippen molar-refractivity contribution < 1.29 is 14.3 Å². The molecule has 1 aliphatic rings. The molecule has 1 aliphatic heterocycles. The van der Waals surface area contributed by atoms with Crippen LogP contribution in [0.4, 0.5) is 5.82 Å². The number of nitrogens with one attached hydrogen (secondary N) is 1. The summed E-state index contributed by atoms with van der Waals surface area (Å²) in [6.45, 7) is 2.49. The molecule has 18 heavy (non-hydrogen) atoms. The number of pyridine rings is 1. The zero-order chi connectivity index (χ0) is 12.8. The SMILES string of the molecule is COC(=O)c1cccnc1NCCC1CCOC1. The highest BCUT2D eigenvalue weighted by molar-refractivity contribution is 5.94. The molecule has 0 aliphatic carbocycles. The zero-order valence-corrected chi connectivity index (χ0v) is 10.5. The maximum absolute atomic E-state index is 11.5. The lowest BCUT2D eigenvalue weighted by Crippen LogP contribution is -2.13. The smallest absolute Gasteiger partial charge is 0.341 e. The Labute approximate surface area is 107 Å². The van der Waals surface area contributed by atoms with Crippen molar-refractivity contribution in [1.29, 1.82) is 0 Å². The predicted molar refractivity (Wildman–Crippen MR) is 67.6 cm³/mol. The first-order valence-corrected chi connectivity index (χ1v) is 6.16. The molecule has 2 rings (SSSR count). The first-order valence-electron chi connectivity index (χ1n) is 6.16. The molecule has 0 spiro atoms. The second kappa shape index (κ2) is 6.35. The molecule has 0 aromatic carbocycles. The van der Waals surface area contributed by atoms with Crippen molar-refractivity contribution in [3.8, 4) is 0 Å². The fraction of sp³-hybridized carbons (Fsp3) is 0.538. The van der Waals surface area contributed by atoms with Gasteiger partial charge in [0, 0.05) is 26.0 Å². The molecule has 1 aromatic heterocycles. The molecule has 0 radical (unpaired) electrons. The molecule has 1 N–H and O–H groups in total. The predicted octanol–water partition coefficient (Wildman–Crippen LogP) is 1.71. The molecule has 1 unspecified atom stereocenters. The zero-order valence-electron chi connectivity index (χ0n) is 10.5. The van der Waals surface area contributed by atoms with E-state index in [0.717, 1.165) is 32.6 Å². The van der Waals surface area contributed by atoms with Gasteiger partial charge in [0.1, 0.15) is 11.4 Å². The topological polar surface area (TPSA) is 60.5 Å². The number of nitrogens with zero attached hydrogens (tertiary/aromatic N) is 1. The van der Waals surface area contributed by atoms with Crippen molar-refractivity contribution in [2.75, 3.05) is 32.2 Å². The summed E-state index contributed by atoms with van der Waals surface area (Å²) in [5.41, 5.74) is 0.475. The summed E-state index contributed by atoms with van der Waals surface area (Å²) in [6, 6.07) is 3.43. The summed E-state index contributed by atoms with van der Waals surface area (Å²) in [7, 11) is 1.37. The number of methoxy groups -OCH3 is 1. The van der Waals surface area contributed by atoms with Crippen LogP contribution in [-0.2, 0) is 9.47 Å². The Bertz CT molecular complexity index is 403. The van der Waals surface area contributed by atoms with Gasteiger partial charge in [0.05, 0.1) is 7.11 Å². The Hall–Kier alpha value is -1.62. The van der Waals surface area contributed by atoms with E-state index in [2.05, 4.69) is 10.3 Å². The Morgan fingerprint density at radius 1 is 1.67 bits per heavy atom. The summed E-state index contributed by atoms with van der Waals surface area (Å²) in [5.74, 6) is 0.834. The molecule has 1 atom stereocenters. The molecule has 1 saturated heterocycles. The Morgan fingerprint density at radius 2 is 2.56 bits per heavy atom. The molecule has 0 amide bonds. The maximum atomic E-state index is 11.5. The second-order valence-corrected chi connectivity index (χ2v) is 4.34. The third kappa shape index (κ3) is 3.20. The number of rotatable bonds is 5. The van der Waals surface area contributed by atoms with Gasteiger partial charge in [0.25, 0.3) is 0 Å². The lowest BCUT2D eigenvalue weighted by atomic mass is 10.1. The largest absolute Gasteiger partial charge is 0.465 e. The monoisotopic (exact) mass is 250 g/mol. The van der Waals surface area contributed by atoms with Crippen molar-refractivity contribution >= 4 is 11.8 Å². The molecule has 0 bridgehead atoms. The van der Waals surface area contributed by atoms with Gasteiger partial charge in [0.2, 0.25) is 0 Å². The number of esters is 1. The van der Waals surface area contributed by atoms with E-state index in [0.29, 0.717) is 17.3 Å². The number of ether oxygens (including phenoxy) is 2. The fourth-order valence-electron chi connectivity index (χ4n) is 2.03. The van der Waals surface area contributed by atoms with Gasteiger partial charge in [-0.25, -0.2) is 9.78 Å². The van der Waals surface area contributed by atoms with Crippen LogP contribution in [0.5, 0.6) is 0 Å². The lowest BCUT2D eigenvalue weighted by Gasteiger charge is -2.11. The number of carbonyl (C=O) groups excluding carboxylic acids is 1. The second-order valence-electron chi connectivity index (χ2n) is 4.34. The van der Waals surface area contributed by atoms with Crippen LogP contribution in [0.25, 0.3) is 0 Å². The van der Waals surface area contributed by atoms with E-state index in [9.17, 15) is 4.79 Å². The minimum absolute atomic E-state index is 0.366. The summed E-state index contributed by atoms with van der Waals surface area (Å²) in [6.07, 6.45) is 3.80. The van der Waals surface area contributed by atoms with Gasteiger partial charge in [-0.2, -0.15) is 0 Å². The van der Waals surface area contributed by atoms with Crippen LogP contribution in [0.3, 0.4) is 0 Å². The van der Waals surface area contributed by atoms with Crippen LogP contribution in [0, 0.1) is 5.92 Å². The third-order valence-corrected chi connectivity index (χ3v) is 3.08. The number of hydrogen-bond donors (Lipinski definition) is 1. The van der Waals surface area contributed by atoms with Crippen LogP contribution in [-0.4, -0.2) is 37.8 Å². The summed E-state index contributed by atoms with van der Waals surface area (Å²) < 4.78 is 10.0. The van der Waals surface area contributed by atoms with Gasteiger partial charge in [-0.1, -0.05) is 0 Å². The summed E-state index contributed by atoms with van der Waals surface area (Å²) >= 11 is 0. The highest BCUT2D eigenvalue weighted by atomic mass is 16.5. The van der Waals surface area contributed by atoms with Crippen LogP contribution < -0.4 is 5.32 Å². The molecule has 2 heterocycles. The quantitative estimate of drug-likeness (QED) is 0.806. The molecule has 1 fully saturated rings. The van der Waals surface area contributed by atoms with E-state index >= 15 is 0 Å². The minimum Gasteiger partial charge on any atom is -0.465 e. The van der Waals surface area contributed by atoms with Crippen LogP contribution in [0.1, 0.15) is 23.2 Å². The van der Waals surface area contributed by atoms with Crippen molar-refractivity contribution in [2.24, 2.45) is 5.92 Å². The number of hydrogen-bond acceptors (Lipinski definition) is 5. The molecule has 5 heteroatoms. The van der Waals surface area contributed by atoms with E-state index < -0.39 is 0 Å². The van der Waals surface area contributed by atoms with E-state index in [1.807, 2.05) is 0 Å². The van der Waals surface area contributed by atoms with E-state index in [1.54, 1.807) is 18.3 Å². The first-order chi connectivity index (χ1) is 8.81. The van der Waals surface area contributed by atoms with Gasteiger partial charge in [-0.15, -0.1) is 0 Å². The number of anilines is 1. The summed E-state index contributed by atoms with van der Waals surface area (Å²) in [4.78, 5) is 15.7. The third-order valence-electron chi connectivity index (χ3n) is 3.08. The number of carbonyl (C=O) groups is 1. The van der Waals surface area contributed by atoms with Gasteiger partial charge in [-0.3, -0.25) is 0 Å². The van der Waals surface area contributed by atoms with E-state index in [4.69, 9.17) is 9.47 Å².